The maximum Gasteiger partial charge on any atom is 0.224 e. The van der Waals surface area contributed by atoms with Gasteiger partial charge in [-0.3, -0.25) is 4.79 Å². The fraction of sp³-hybridized carbons (Fsp3) is 0.500. The van der Waals surface area contributed by atoms with Crippen LogP contribution in [0.15, 0.2) is 24.3 Å². The average molecular weight is 250 g/mol. The van der Waals surface area contributed by atoms with Gasteiger partial charge in [-0.15, -0.1) is 0 Å². The molecule has 2 N–H and O–H groups in total. The summed E-state index contributed by atoms with van der Waals surface area (Å²) in [5.74, 6) is 0.258. The van der Waals surface area contributed by atoms with Crippen LogP contribution >= 0.6 is 0 Å². The van der Waals surface area contributed by atoms with Gasteiger partial charge in [-0.25, -0.2) is 4.39 Å². The van der Waals surface area contributed by atoms with Crippen molar-refractivity contribution in [3.05, 3.63) is 35.6 Å². The average Bonchev–Trinajstić information content (AvgIpc) is 2.37. The maximum absolute atomic E-state index is 13.4. The van der Waals surface area contributed by atoms with E-state index in [9.17, 15) is 9.18 Å². The first-order chi connectivity index (χ1) is 8.66. The second-order valence-electron chi connectivity index (χ2n) is 5.01. The smallest absolute Gasteiger partial charge is 0.224 e. The zero-order chi connectivity index (χ0) is 13.0. The summed E-state index contributed by atoms with van der Waals surface area (Å²) in [6, 6.07) is 6.52. The molecule has 0 bridgehead atoms. The molecule has 1 aliphatic heterocycles. The third-order valence-electron chi connectivity index (χ3n) is 3.35. The Morgan fingerprint density at radius 1 is 1.44 bits per heavy atom. The van der Waals surface area contributed by atoms with Crippen molar-refractivity contribution in [2.24, 2.45) is 11.8 Å². The molecule has 1 aromatic rings. The number of carbonyl (C=O) groups is 1. The first-order valence-corrected chi connectivity index (χ1v) is 6.38. The third kappa shape index (κ3) is 3.29. The topological polar surface area (TPSA) is 41.1 Å². The summed E-state index contributed by atoms with van der Waals surface area (Å²) < 4.78 is 13.4. The standard InChI is InChI=1S/C14H19FN2O/c1-10-6-12(8-16-7-10)14(18)17-9-11-4-2-3-5-13(11)15/h2-5,10,12,16H,6-9H2,1H3,(H,17,18). The molecule has 1 aromatic carbocycles. The van der Waals surface area contributed by atoms with Crippen LogP contribution in [0.5, 0.6) is 0 Å². The van der Waals surface area contributed by atoms with Crippen molar-refractivity contribution in [2.45, 2.75) is 19.9 Å². The van der Waals surface area contributed by atoms with Gasteiger partial charge in [0.15, 0.2) is 0 Å². The van der Waals surface area contributed by atoms with E-state index in [1.165, 1.54) is 6.07 Å². The predicted molar refractivity (Wildman–Crippen MR) is 68.4 cm³/mol. The van der Waals surface area contributed by atoms with E-state index in [1.54, 1.807) is 18.2 Å². The van der Waals surface area contributed by atoms with Gasteiger partial charge in [0.1, 0.15) is 5.82 Å². The summed E-state index contributed by atoms with van der Waals surface area (Å²) in [5, 5.41) is 6.05. The summed E-state index contributed by atoms with van der Waals surface area (Å²) in [6.45, 7) is 4.07. The van der Waals surface area contributed by atoms with Crippen molar-refractivity contribution in [1.29, 1.82) is 0 Å². The van der Waals surface area contributed by atoms with Crippen molar-refractivity contribution in [2.75, 3.05) is 13.1 Å². The first-order valence-electron chi connectivity index (χ1n) is 6.38. The Bertz CT molecular complexity index is 422. The third-order valence-corrected chi connectivity index (χ3v) is 3.35. The van der Waals surface area contributed by atoms with Gasteiger partial charge in [0.05, 0.1) is 5.92 Å². The molecule has 1 heterocycles. The largest absolute Gasteiger partial charge is 0.352 e. The molecule has 0 radical (unpaired) electrons. The van der Waals surface area contributed by atoms with Crippen molar-refractivity contribution < 1.29 is 9.18 Å². The van der Waals surface area contributed by atoms with E-state index in [1.807, 2.05) is 0 Å². The van der Waals surface area contributed by atoms with Crippen molar-refractivity contribution in [3.63, 3.8) is 0 Å². The van der Waals surface area contributed by atoms with Crippen molar-refractivity contribution >= 4 is 5.91 Å². The van der Waals surface area contributed by atoms with Crippen LogP contribution in [0.4, 0.5) is 4.39 Å². The Morgan fingerprint density at radius 3 is 2.94 bits per heavy atom. The number of amides is 1. The van der Waals surface area contributed by atoms with E-state index >= 15 is 0 Å². The Hall–Kier alpha value is -1.42. The van der Waals surface area contributed by atoms with Crippen molar-refractivity contribution in [3.8, 4) is 0 Å². The number of hydrogen-bond acceptors (Lipinski definition) is 2. The van der Waals surface area contributed by atoms with Gasteiger partial charge < -0.3 is 10.6 Å². The molecule has 0 aromatic heterocycles. The van der Waals surface area contributed by atoms with Crippen LogP contribution < -0.4 is 10.6 Å². The molecule has 3 nitrogen and oxygen atoms in total. The number of rotatable bonds is 3. The second-order valence-corrected chi connectivity index (χ2v) is 5.01. The summed E-state index contributed by atoms with van der Waals surface area (Å²) in [5.41, 5.74) is 0.530. The normalized spacial score (nSPS) is 23.7. The summed E-state index contributed by atoms with van der Waals surface area (Å²) in [4.78, 5) is 12.0. The molecule has 0 saturated carbocycles. The number of piperidine rings is 1. The van der Waals surface area contributed by atoms with Gasteiger partial charge in [0.2, 0.25) is 5.91 Å². The van der Waals surface area contributed by atoms with Gasteiger partial charge in [0.25, 0.3) is 0 Å². The quantitative estimate of drug-likeness (QED) is 0.857. The Balaban J connectivity index is 1.86. The van der Waals surface area contributed by atoms with Gasteiger partial charge in [-0.05, 0) is 24.9 Å². The lowest BCUT2D eigenvalue weighted by Gasteiger charge is -2.26. The fourth-order valence-electron chi connectivity index (χ4n) is 2.32. The lowest BCUT2D eigenvalue weighted by atomic mass is 9.91. The zero-order valence-corrected chi connectivity index (χ0v) is 10.6. The van der Waals surface area contributed by atoms with Crippen LogP contribution in [0.25, 0.3) is 0 Å². The molecule has 1 amide bonds. The SMILES string of the molecule is CC1CNCC(C(=O)NCc2ccccc2F)C1. The molecule has 4 heteroatoms. The van der Waals surface area contributed by atoms with Crippen LogP contribution in [-0.2, 0) is 11.3 Å². The minimum Gasteiger partial charge on any atom is -0.352 e. The molecule has 0 aliphatic carbocycles. The van der Waals surface area contributed by atoms with E-state index in [0.29, 0.717) is 18.0 Å². The number of nitrogens with one attached hydrogen (secondary N) is 2. The molecule has 1 saturated heterocycles. The Kier molecular flexibility index (Phi) is 4.31. The number of halogens is 1. The number of hydrogen-bond donors (Lipinski definition) is 2. The van der Waals surface area contributed by atoms with Crippen LogP contribution in [0, 0.1) is 17.7 Å². The van der Waals surface area contributed by atoms with Gasteiger partial charge >= 0.3 is 0 Å². The van der Waals surface area contributed by atoms with Gasteiger partial charge in [0, 0.05) is 18.7 Å². The monoisotopic (exact) mass is 250 g/mol. The minimum absolute atomic E-state index is 0.000485. The van der Waals surface area contributed by atoms with E-state index in [-0.39, 0.29) is 24.2 Å². The van der Waals surface area contributed by atoms with E-state index in [2.05, 4.69) is 17.6 Å². The minimum atomic E-state index is -0.270. The fourth-order valence-corrected chi connectivity index (χ4v) is 2.32. The molecule has 2 rings (SSSR count). The summed E-state index contributed by atoms with van der Waals surface area (Å²) >= 11 is 0. The highest BCUT2D eigenvalue weighted by molar-refractivity contribution is 5.79. The van der Waals surface area contributed by atoms with E-state index in [0.717, 1.165) is 13.0 Å². The summed E-state index contributed by atoms with van der Waals surface area (Å²) in [7, 11) is 0. The highest BCUT2D eigenvalue weighted by Crippen LogP contribution is 2.16. The Labute approximate surface area is 107 Å². The lowest BCUT2D eigenvalue weighted by Crippen LogP contribution is -2.43. The molecule has 2 unspecified atom stereocenters. The second kappa shape index (κ2) is 5.96. The molecule has 18 heavy (non-hydrogen) atoms. The van der Waals surface area contributed by atoms with Crippen LogP contribution in [-0.4, -0.2) is 19.0 Å². The predicted octanol–water partition coefficient (Wildman–Crippen LogP) is 1.69. The highest BCUT2D eigenvalue weighted by Gasteiger charge is 2.24. The van der Waals surface area contributed by atoms with E-state index < -0.39 is 0 Å². The molecule has 1 aliphatic rings. The lowest BCUT2D eigenvalue weighted by molar-refractivity contribution is -0.126. The van der Waals surface area contributed by atoms with Crippen LogP contribution in [0.2, 0.25) is 0 Å². The Morgan fingerprint density at radius 2 is 2.22 bits per heavy atom. The van der Waals surface area contributed by atoms with Gasteiger partial charge in [-0.1, -0.05) is 25.1 Å². The molecule has 1 fully saturated rings. The molecule has 0 spiro atoms. The number of carbonyl (C=O) groups excluding carboxylic acids is 1. The first kappa shape index (κ1) is 13.0. The molecule has 98 valence electrons. The summed E-state index contributed by atoms with van der Waals surface area (Å²) in [6.07, 6.45) is 0.899. The molecule has 2 atom stereocenters. The zero-order valence-electron chi connectivity index (χ0n) is 10.6. The van der Waals surface area contributed by atoms with Gasteiger partial charge in [-0.2, -0.15) is 0 Å². The molecular weight excluding hydrogens is 231 g/mol. The maximum atomic E-state index is 13.4. The molecular formula is C14H19FN2O. The van der Waals surface area contributed by atoms with Crippen molar-refractivity contribution in [1.82, 2.24) is 10.6 Å². The van der Waals surface area contributed by atoms with Crippen LogP contribution in [0.3, 0.4) is 0 Å². The highest BCUT2D eigenvalue weighted by atomic mass is 19.1. The van der Waals surface area contributed by atoms with E-state index in [4.69, 9.17) is 0 Å². The van der Waals surface area contributed by atoms with Crippen LogP contribution in [0.1, 0.15) is 18.9 Å². The number of benzene rings is 1.